The Morgan fingerprint density at radius 2 is 1.55 bits per heavy atom. The van der Waals surface area contributed by atoms with E-state index < -0.39 is 17.7 Å². The fraction of sp³-hybridized carbons (Fsp3) is 0.727. The molecule has 2 saturated heterocycles. The van der Waals surface area contributed by atoms with Crippen molar-refractivity contribution in [3.63, 3.8) is 0 Å². The molecular formula is C33H52N4O5. The van der Waals surface area contributed by atoms with Crippen molar-refractivity contribution >= 4 is 18.1 Å². The maximum absolute atomic E-state index is 14.1. The Labute approximate surface area is 252 Å². The molecule has 1 saturated carbocycles. The lowest BCUT2D eigenvalue weighted by Gasteiger charge is -2.47. The molecule has 9 nitrogen and oxygen atoms in total. The van der Waals surface area contributed by atoms with Gasteiger partial charge in [-0.2, -0.15) is 0 Å². The second kappa shape index (κ2) is 14.6. The standard InChI is InChI=1S/C33H52N4O5/c1-24-20-35(22-26-16-18-36(19-17-26)32(40)42-33(3,4)5)21-25(2)37(24)30(38)29(28-14-10-7-11-15-28)34-31(39)41-23-27-12-8-6-9-13-27/h6,8-9,12-13,24-26,28-29H,7,10-11,14-23H2,1-5H3,(H,34,39)/t24-,25+,29-/m1/s1. The molecular weight excluding hydrogens is 532 g/mol. The lowest BCUT2D eigenvalue weighted by Crippen LogP contribution is -2.64. The molecule has 3 aliphatic rings. The van der Waals surface area contributed by atoms with Gasteiger partial charge in [0.2, 0.25) is 5.91 Å². The van der Waals surface area contributed by atoms with Crippen molar-refractivity contribution in [3.05, 3.63) is 35.9 Å². The van der Waals surface area contributed by atoms with Gasteiger partial charge in [-0.05, 0) is 77.7 Å². The number of piperazine rings is 1. The molecule has 4 rings (SSSR count). The Bertz CT molecular complexity index is 1020. The van der Waals surface area contributed by atoms with Crippen molar-refractivity contribution in [3.8, 4) is 0 Å². The van der Waals surface area contributed by atoms with E-state index in [1.807, 2.05) is 60.9 Å². The highest BCUT2D eigenvalue weighted by atomic mass is 16.6. The monoisotopic (exact) mass is 584 g/mol. The fourth-order valence-electron chi connectivity index (χ4n) is 6.91. The van der Waals surface area contributed by atoms with Gasteiger partial charge >= 0.3 is 12.2 Å². The number of rotatable bonds is 7. The van der Waals surface area contributed by atoms with Gasteiger partial charge in [-0.1, -0.05) is 49.6 Å². The number of hydrogen-bond acceptors (Lipinski definition) is 6. The van der Waals surface area contributed by atoms with Crippen molar-refractivity contribution < 1.29 is 23.9 Å². The summed E-state index contributed by atoms with van der Waals surface area (Å²) >= 11 is 0. The molecule has 42 heavy (non-hydrogen) atoms. The summed E-state index contributed by atoms with van der Waals surface area (Å²) in [7, 11) is 0. The zero-order valence-corrected chi connectivity index (χ0v) is 26.3. The quantitative estimate of drug-likeness (QED) is 0.460. The summed E-state index contributed by atoms with van der Waals surface area (Å²) in [6.07, 6.45) is 6.40. The normalized spacial score (nSPS) is 23.7. The van der Waals surface area contributed by atoms with Crippen molar-refractivity contribution in [2.24, 2.45) is 11.8 Å². The number of likely N-dealkylation sites (tertiary alicyclic amines) is 1. The number of nitrogens with one attached hydrogen (secondary N) is 1. The minimum absolute atomic E-state index is 0.0175. The summed E-state index contributed by atoms with van der Waals surface area (Å²) in [5, 5.41) is 2.99. The summed E-state index contributed by atoms with van der Waals surface area (Å²) in [4.78, 5) is 45.8. The van der Waals surface area contributed by atoms with Crippen LogP contribution in [0.3, 0.4) is 0 Å². The third-order valence-corrected chi connectivity index (χ3v) is 8.91. The summed E-state index contributed by atoms with van der Waals surface area (Å²) in [6.45, 7) is 14.1. The van der Waals surface area contributed by atoms with Crippen LogP contribution in [0.4, 0.5) is 9.59 Å². The van der Waals surface area contributed by atoms with E-state index in [1.54, 1.807) is 0 Å². The van der Waals surface area contributed by atoms with Gasteiger partial charge in [0.25, 0.3) is 0 Å². The number of nitrogens with zero attached hydrogens (tertiary/aromatic N) is 3. The second-order valence-corrected chi connectivity index (χ2v) is 13.7. The van der Waals surface area contributed by atoms with Crippen molar-refractivity contribution in [2.45, 2.75) is 110 Å². The predicted octanol–water partition coefficient (Wildman–Crippen LogP) is 5.43. The van der Waals surface area contributed by atoms with E-state index in [2.05, 4.69) is 24.1 Å². The van der Waals surface area contributed by atoms with Gasteiger partial charge < -0.3 is 24.6 Å². The largest absolute Gasteiger partial charge is 0.445 e. The lowest BCUT2D eigenvalue weighted by molar-refractivity contribution is -0.143. The number of carbonyl (C=O) groups is 3. The molecule has 0 aromatic heterocycles. The SMILES string of the molecule is C[C@@H]1CN(CC2CCN(C(=O)OC(C)(C)C)CC2)C[C@H](C)N1C(=O)[C@H](NC(=O)OCc1ccccc1)C1CCCCC1. The first-order chi connectivity index (χ1) is 20.0. The Balaban J connectivity index is 1.31. The second-order valence-electron chi connectivity index (χ2n) is 13.7. The average molecular weight is 585 g/mol. The van der Waals surface area contributed by atoms with Gasteiger partial charge in [0, 0.05) is 44.8 Å². The minimum Gasteiger partial charge on any atom is -0.445 e. The molecule has 234 valence electrons. The first-order valence-corrected chi connectivity index (χ1v) is 16.0. The molecule has 1 aliphatic carbocycles. The van der Waals surface area contributed by atoms with Crippen LogP contribution >= 0.6 is 0 Å². The van der Waals surface area contributed by atoms with E-state index in [0.717, 1.165) is 76.8 Å². The lowest BCUT2D eigenvalue weighted by atomic mass is 9.83. The number of piperidine rings is 1. The molecule has 3 fully saturated rings. The van der Waals surface area contributed by atoms with E-state index in [1.165, 1.54) is 6.42 Å². The fourth-order valence-corrected chi connectivity index (χ4v) is 6.91. The van der Waals surface area contributed by atoms with E-state index in [4.69, 9.17) is 9.47 Å². The molecule has 2 heterocycles. The Morgan fingerprint density at radius 1 is 0.929 bits per heavy atom. The van der Waals surface area contributed by atoms with Crippen LogP contribution in [-0.4, -0.2) is 89.2 Å². The summed E-state index contributed by atoms with van der Waals surface area (Å²) in [6, 6.07) is 9.11. The molecule has 0 radical (unpaired) electrons. The molecule has 0 bridgehead atoms. The van der Waals surface area contributed by atoms with Crippen molar-refractivity contribution in [2.75, 3.05) is 32.7 Å². The summed E-state index contributed by atoms with van der Waals surface area (Å²) in [5.41, 5.74) is 0.438. The molecule has 0 unspecified atom stereocenters. The molecule has 9 heteroatoms. The van der Waals surface area contributed by atoms with Gasteiger partial charge in [0.05, 0.1) is 0 Å². The van der Waals surface area contributed by atoms with E-state index in [-0.39, 0.29) is 36.6 Å². The number of hydrogen-bond donors (Lipinski definition) is 1. The van der Waals surface area contributed by atoms with Gasteiger partial charge in [0.15, 0.2) is 0 Å². The van der Waals surface area contributed by atoms with E-state index >= 15 is 0 Å². The Hall–Kier alpha value is -2.81. The minimum atomic E-state index is -0.567. The van der Waals surface area contributed by atoms with Gasteiger partial charge in [-0.3, -0.25) is 9.69 Å². The number of amides is 3. The van der Waals surface area contributed by atoms with Gasteiger partial charge in [-0.25, -0.2) is 9.59 Å². The Morgan fingerprint density at radius 3 is 2.14 bits per heavy atom. The van der Waals surface area contributed by atoms with Crippen LogP contribution in [0.25, 0.3) is 0 Å². The highest BCUT2D eigenvalue weighted by Gasteiger charge is 2.41. The van der Waals surface area contributed by atoms with Gasteiger partial charge in [0.1, 0.15) is 18.2 Å². The van der Waals surface area contributed by atoms with E-state index in [9.17, 15) is 14.4 Å². The van der Waals surface area contributed by atoms with Crippen LogP contribution in [0, 0.1) is 11.8 Å². The molecule has 3 amide bonds. The number of ether oxygens (including phenoxy) is 2. The topological polar surface area (TPSA) is 91.4 Å². The zero-order chi connectivity index (χ0) is 30.3. The number of benzene rings is 1. The third-order valence-electron chi connectivity index (χ3n) is 8.91. The first-order valence-electron chi connectivity index (χ1n) is 16.0. The van der Waals surface area contributed by atoms with Crippen molar-refractivity contribution in [1.29, 1.82) is 0 Å². The van der Waals surface area contributed by atoms with Crippen LogP contribution in [0.2, 0.25) is 0 Å². The van der Waals surface area contributed by atoms with Crippen LogP contribution in [0.5, 0.6) is 0 Å². The average Bonchev–Trinajstić information content (AvgIpc) is 2.95. The predicted molar refractivity (Wildman–Crippen MR) is 163 cm³/mol. The summed E-state index contributed by atoms with van der Waals surface area (Å²) in [5.74, 6) is 0.661. The first kappa shape index (κ1) is 32.1. The molecule has 1 aromatic rings. The zero-order valence-electron chi connectivity index (χ0n) is 26.3. The van der Waals surface area contributed by atoms with Crippen LogP contribution < -0.4 is 5.32 Å². The van der Waals surface area contributed by atoms with Crippen LogP contribution in [0.1, 0.15) is 85.1 Å². The molecule has 2 aliphatic heterocycles. The number of alkyl carbamates (subject to hydrolysis) is 1. The van der Waals surface area contributed by atoms with Crippen molar-refractivity contribution in [1.82, 2.24) is 20.0 Å². The van der Waals surface area contributed by atoms with Gasteiger partial charge in [-0.15, -0.1) is 0 Å². The number of carbonyl (C=O) groups excluding carboxylic acids is 3. The molecule has 0 spiro atoms. The summed E-state index contributed by atoms with van der Waals surface area (Å²) < 4.78 is 11.1. The highest BCUT2D eigenvalue weighted by molar-refractivity contribution is 5.86. The van der Waals surface area contributed by atoms with Crippen LogP contribution in [-0.2, 0) is 20.9 Å². The maximum atomic E-state index is 14.1. The Kier molecular flexibility index (Phi) is 11.1. The van der Waals surface area contributed by atoms with Crippen LogP contribution in [0.15, 0.2) is 30.3 Å². The molecule has 1 N–H and O–H groups in total. The molecule has 3 atom stereocenters. The van der Waals surface area contributed by atoms with E-state index in [0.29, 0.717) is 5.92 Å². The maximum Gasteiger partial charge on any atom is 0.410 e. The molecule has 1 aromatic carbocycles. The smallest absolute Gasteiger partial charge is 0.410 e. The third kappa shape index (κ3) is 9.09. The highest BCUT2D eigenvalue weighted by Crippen LogP contribution is 2.30.